The molecule has 1 fully saturated rings. The molecule has 0 aliphatic carbocycles. The fraction of sp³-hybridized carbons (Fsp3) is 0.562. The van der Waals surface area contributed by atoms with Crippen molar-refractivity contribution in [3.8, 4) is 5.75 Å². The first kappa shape index (κ1) is 15.8. The highest BCUT2D eigenvalue weighted by atomic mass is 16.5. The Bertz CT molecular complexity index is 492. The molecule has 0 saturated carbocycles. The van der Waals surface area contributed by atoms with Crippen molar-refractivity contribution in [2.24, 2.45) is 0 Å². The minimum absolute atomic E-state index is 0.214. The van der Waals surface area contributed by atoms with E-state index in [9.17, 15) is 9.90 Å². The zero-order valence-corrected chi connectivity index (χ0v) is 13.0. The van der Waals surface area contributed by atoms with Gasteiger partial charge in [0, 0.05) is 25.7 Å². The highest BCUT2D eigenvalue weighted by Crippen LogP contribution is 2.28. The van der Waals surface area contributed by atoms with E-state index in [1.165, 1.54) is 0 Å². The summed E-state index contributed by atoms with van der Waals surface area (Å²) in [4.78, 5) is 16.2. The zero-order chi connectivity index (χ0) is 15.4. The van der Waals surface area contributed by atoms with Gasteiger partial charge in [0.05, 0.1) is 7.11 Å². The molecule has 1 aliphatic rings. The van der Waals surface area contributed by atoms with Crippen LogP contribution in [-0.2, 0) is 4.79 Å². The summed E-state index contributed by atoms with van der Waals surface area (Å²) in [6.45, 7) is 7.83. The molecule has 5 heteroatoms. The molecule has 1 aromatic rings. The number of benzene rings is 1. The molecule has 1 aliphatic heterocycles. The second-order valence-corrected chi connectivity index (χ2v) is 5.50. The molecule has 1 heterocycles. The van der Waals surface area contributed by atoms with E-state index in [2.05, 4.69) is 23.6 Å². The van der Waals surface area contributed by atoms with Gasteiger partial charge in [-0.15, -0.1) is 0 Å². The summed E-state index contributed by atoms with van der Waals surface area (Å²) >= 11 is 0. The van der Waals surface area contributed by atoms with Gasteiger partial charge in [-0.05, 0) is 31.2 Å². The van der Waals surface area contributed by atoms with E-state index in [4.69, 9.17) is 4.74 Å². The average Bonchev–Trinajstić information content (AvgIpc) is 2.49. The minimum Gasteiger partial charge on any atom is -0.497 e. The highest BCUT2D eigenvalue weighted by molar-refractivity contribution is 5.75. The Hall–Kier alpha value is -1.59. The largest absolute Gasteiger partial charge is 0.497 e. The van der Waals surface area contributed by atoms with Gasteiger partial charge in [0.2, 0.25) is 0 Å². The van der Waals surface area contributed by atoms with Crippen LogP contribution in [0.25, 0.3) is 0 Å². The van der Waals surface area contributed by atoms with Crippen LogP contribution in [0.3, 0.4) is 0 Å². The van der Waals surface area contributed by atoms with Gasteiger partial charge in [-0.1, -0.05) is 19.1 Å². The Morgan fingerprint density at radius 1 is 1.48 bits per heavy atom. The highest BCUT2D eigenvalue weighted by Gasteiger charge is 2.34. The molecular formula is C16H24N2O3. The first-order valence-corrected chi connectivity index (χ1v) is 7.41. The van der Waals surface area contributed by atoms with Crippen LogP contribution in [0, 0.1) is 0 Å². The molecule has 0 spiro atoms. The number of ether oxygens (including phenoxy) is 1. The molecule has 1 aromatic carbocycles. The Morgan fingerprint density at radius 2 is 2.24 bits per heavy atom. The molecule has 0 bridgehead atoms. The Kier molecular flexibility index (Phi) is 5.20. The van der Waals surface area contributed by atoms with E-state index in [0.717, 1.165) is 31.7 Å². The zero-order valence-electron chi connectivity index (χ0n) is 13.0. The molecule has 2 atom stereocenters. The number of hydrogen-bond donors (Lipinski definition) is 1. The summed E-state index contributed by atoms with van der Waals surface area (Å²) in [6.07, 6.45) is 0. The van der Waals surface area contributed by atoms with Crippen molar-refractivity contribution in [1.82, 2.24) is 9.80 Å². The number of aliphatic carboxylic acids is 1. The number of likely N-dealkylation sites (N-methyl/N-ethyl adjacent to an activating group) is 1. The van der Waals surface area contributed by atoms with Crippen molar-refractivity contribution >= 4 is 5.97 Å². The monoisotopic (exact) mass is 292 g/mol. The van der Waals surface area contributed by atoms with Crippen LogP contribution in [0.15, 0.2) is 24.3 Å². The average molecular weight is 292 g/mol. The lowest BCUT2D eigenvalue weighted by Gasteiger charge is -2.42. The molecule has 0 aromatic heterocycles. The molecule has 116 valence electrons. The molecule has 1 saturated heterocycles. The molecule has 2 unspecified atom stereocenters. The van der Waals surface area contributed by atoms with Crippen LogP contribution in [0.2, 0.25) is 0 Å². The predicted octanol–water partition coefficient (Wildman–Crippen LogP) is 1.85. The van der Waals surface area contributed by atoms with Crippen LogP contribution >= 0.6 is 0 Å². The fourth-order valence-corrected chi connectivity index (χ4v) is 3.01. The summed E-state index contributed by atoms with van der Waals surface area (Å²) in [5.41, 5.74) is 0.777. The predicted molar refractivity (Wildman–Crippen MR) is 81.7 cm³/mol. The second-order valence-electron chi connectivity index (χ2n) is 5.50. The van der Waals surface area contributed by atoms with E-state index in [0.29, 0.717) is 5.75 Å². The van der Waals surface area contributed by atoms with Crippen LogP contribution in [-0.4, -0.2) is 60.2 Å². The molecule has 0 amide bonds. The Morgan fingerprint density at radius 3 is 2.81 bits per heavy atom. The van der Waals surface area contributed by atoms with Crippen LogP contribution in [0.5, 0.6) is 5.75 Å². The van der Waals surface area contributed by atoms with Gasteiger partial charge in [-0.25, -0.2) is 0 Å². The molecule has 21 heavy (non-hydrogen) atoms. The third-order valence-corrected chi connectivity index (χ3v) is 4.19. The Labute approximate surface area is 126 Å². The van der Waals surface area contributed by atoms with Crippen molar-refractivity contribution in [3.63, 3.8) is 0 Å². The molecular weight excluding hydrogens is 268 g/mol. The van der Waals surface area contributed by atoms with Crippen molar-refractivity contribution in [2.75, 3.05) is 33.3 Å². The first-order chi connectivity index (χ1) is 10.1. The maximum Gasteiger partial charge on any atom is 0.325 e. The maximum absolute atomic E-state index is 11.8. The number of rotatable bonds is 5. The van der Waals surface area contributed by atoms with Crippen molar-refractivity contribution in [3.05, 3.63) is 29.8 Å². The van der Waals surface area contributed by atoms with E-state index < -0.39 is 12.0 Å². The van der Waals surface area contributed by atoms with Crippen LogP contribution in [0.4, 0.5) is 0 Å². The van der Waals surface area contributed by atoms with E-state index >= 15 is 0 Å². The summed E-state index contributed by atoms with van der Waals surface area (Å²) in [7, 11) is 1.59. The number of carboxylic acids is 1. The number of nitrogens with zero attached hydrogens (tertiary/aromatic N) is 2. The van der Waals surface area contributed by atoms with E-state index in [1.54, 1.807) is 7.11 Å². The number of carbonyl (C=O) groups is 1. The van der Waals surface area contributed by atoms with E-state index in [1.807, 2.05) is 24.3 Å². The van der Waals surface area contributed by atoms with Gasteiger partial charge in [-0.3, -0.25) is 9.69 Å². The van der Waals surface area contributed by atoms with Gasteiger partial charge >= 0.3 is 5.97 Å². The number of carboxylic acid groups (broad SMARTS) is 1. The lowest BCUT2D eigenvalue weighted by atomic mass is 10.0. The number of methoxy groups -OCH3 is 1. The summed E-state index contributed by atoms with van der Waals surface area (Å²) in [5.74, 6) is -0.112. The minimum atomic E-state index is -0.806. The maximum atomic E-state index is 11.8. The lowest BCUT2D eigenvalue weighted by Crippen LogP contribution is -2.54. The smallest absolute Gasteiger partial charge is 0.325 e. The van der Waals surface area contributed by atoms with E-state index in [-0.39, 0.29) is 6.04 Å². The standard InChI is InChI=1S/C16H24N2O3/c1-4-17-8-9-18(12(2)11-17)15(16(19)20)13-6-5-7-14(10-13)21-3/h5-7,10,12,15H,4,8-9,11H2,1-3H3,(H,19,20). The van der Waals surface area contributed by atoms with Gasteiger partial charge in [-0.2, -0.15) is 0 Å². The molecule has 2 rings (SSSR count). The summed E-state index contributed by atoms with van der Waals surface area (Å²) in [6, 6.07) is 6.95. The summed E-state index contributed by atoms with van der Waals surface area (Å²) in [5, 5.41) is 9.69. The van der Waals surface area contributed by atoms with Crippen molar-refractivity contribution in [2.45, 2.75) is 25.9 Å². The topological polar surface area (TPSA) is 53.0 Å². The van der Waals surface area contributed by atoms with Gasteiger partial charge in [0.25, 0.3) is 0 Å². The SMILES string of the molecule is CCN1CCN(C(C(=O)O)c2cccc(OC)c2)C(C)C1. The van der Waals surface area contributed by atoms with Crippen LogP contribution < -0.4 is 4.74 Å². The molecule has 5 nitrogen and oxygen atoms in total. The number of piperazine rings is 1. The van der Waals surface area contributed by atoms with Gasteiger partial charge in [0.1, 0.15) is 11.8 Å². The third kappa shape index (κ3) is 3.54. The van der Waals surface area contributed by atoms with Crippen molar-refractivity contribution in [1.29, 1.82) is 0 Å². The number of hydrogen-bond acceptors (Lipinski definition) is 4. The first-order valence-electron chi connectivity index (χ1n) is 7.41. The second kappa shape index (κ2) is 6.91. The molecule has 0 radical (unpaired) electrons. The van der Waals surface area contributed by atoms with Gasteiger partial charge < -0.3 is 14.7 Å². The lowest BCUT2D eigenvalue weighted by molar-refractivity contribution is -0.145. The molecule has 1 N–H and O–H groups in total. The Balaban J connectivity index is 2.24. The fourth-order valence-electron chi connectivity index (χ4n) is 3.01. The summed E-state index contributed by atoms with van der Waals surface area (Å²) < 4.78 is 5.21. The third-order valence-electron chi connectivity index (χ3n) is 4.19. The van der Waals surface area contributed by atoms with Crippen molar-refractivity contribution < 1.29 is 14.6 Å². The normalized spacial score (nSPS) is 22.0. The quantitative estimate of drug-likeness (QED) is 0.897. The van der Waals surface area contributed by atoms with Crippen LogP contribution in [0.1, 0.15) is 25.5 Å². The van der Waals surface area contributed by atoms with Gasteiger partial charge in [0.15, 0.2) is 0 Å².